The Balaban J connectivity index is 2.78. The summed E-state index contributed by atoms with van der Waals surface area (Å²) >= 11 is 1.34. The maximum absolute atomic E-state index is 10.7. The topological polar surface area (TPSA) is 57.5 Å². The molecule has 4 heteroatoms. The zero-order valence-electron chi connectivity index (χ0n) is 5.02. The Bertz CT molecular complexity index is 215. The molecule has 0 saturated heterocycles. The molecule has 0 fully saturated rings. The first-order chi connectivity index (χ1) is 4.72. The molecule has 0 saturated carbocycles. The standard InChI is InChI=1S/C6H6O3S/c7-5(6(8)9)4-1-2-10-3-4/h1-3,6,8-9H. The van der Waals surface area contributed by atoms with Crippen LogP contribution in [0.5, 0.6) is 0 Å². The molecule has 0 radical (unpaired) electrons. The van der Waals surface area contributed by atoms with Gasteiger partial charge in [0.15, 0.2) is 0 Å². The summed E-state index contributed by atoms with van der Waals surface area (Å²) in [5.41, 5.74) is 0.347. The maximum Gasteiger partial charge on any atom is 0.219 e. The molecule has 1 aromatic rings. The molecule has 0 atom stereocenters. The van der Waals surface area contributed by atoms with Crippen molar-refractivity contribution in [3.63, 3.8) is 0 Å². The molecule has 0 spiro atoms. The minimum absolute atomic E-state index is 0.347. The summed E-state index contributed by atoms with van der Waals surface area (Å²) in [6.45, 7) is 0. The van der Waals surface area contributed by atoms with Crippen LogP contribution in [0.2, 0.25) is 0 Å². The van der Waals surface area contributed by atoms with Gasteiger partial charge in [-0.2, -0.15) is 11.3 Å². The van der Waals surface area contributed by atoms with Gasteiger partial charge in [-0.25, -0.2) is 0 Å². The highest BCUT2D eigenvalue weighted by Gasteiger charge is 2.12. The van der Waals surface area contributed by atoms with E-state index in [9.17, 15) is 4.79 Å². The van der Waals surface area contributed by atoms with Crippen molar-refractivity contribution in [3.05, 3.63) is 22.4 Å². The molecule has 0 bridgehead atoms. The number of hydrogen-bond donors (Lipinski definition) is 2. The number of thiophene rings is 1. The van der Waals surface area contributed by atoms with Gasteiger partial charge in [-0.1, -0.05) is 0 Å². The fraction of sp³-hybridized carbons (Fsp3) is 0.167. The fourth-order valence-corrected chi connectivity index (χ4v) is 1.20. The highest BCUT2D eigenvalue weighted by Crippen LogP contribution is 2.07. The van der Waals surface area contributed by atoms with E-state index in [1.165, 1.54) is 11.3 Å². The predicted molar refractivity (Wildman–Crippen MR) is 36.9 cm³/mol. The van der Waals surface area contributed by atoms with E-state index in [1.54, 1.807) is 16.8 Å². The Morgan fingerprint density at radius 1 is 1.60 bits per heavy atom. The second kappa shape index (κ2) is 2.92. The first-order valence-electron chi connectivity index (χ1n) is 2.64. The summed E-state index contributed by atoms with van der Waals surface area (Å²) in [6, 6.07) is 1.55. The number of hydrogen-bond acceptors (Lipinski definition) is 4. The molecule has 0 amide bonds. The van der Waals surface area contributed by atoms with Crippen molar-refractivity contribution in [2.45, 2.75) is 6.29 Å². The van der Waals surface area contributed by atoms with Crippen LogP contribution in [0.3, 0.4) is 0 Å². The highest BCUT2D eigenvalue weighted by atomic mass is 32.1. The third kappa shape index (κ3) is 1.41. The number of Topliss-reactive ketones (excluding diaryl/α,β-unsaturated/α-hetero) is 1. The third-order valence-electron chi connectivity index (χ3n) is 1.04. The van der Waals surface area contributed by atoms with E-state index < -0.39 is 12.1 Å². The average Bonchev–Trinajstić information content (AvgIpc) is 2.36. The Morgan fingerprint density at radius 3 is 2.70 bits per heavy atom. The van der Waals surface area contributed by atoms with E-state index in [0.717, 1.165) is 0 Å². The van der Waals surface area contributed by atoms with Crippen LogP contribution in [0.15, 0.2) is 16.8 Å². The first-order valence-corrected chi connectivity index (χ1v) is 3.58. The summed E-state index contributed by atoms with van der Waals surface area (Å²) < 4.78 is 0. The first kappa shape index (κ1) is 7.40. The van der Waals surface area contributed by atoms with Crippen LogP contribution >= 0.6 is 11.3 Å². The van der Waals surface area contributed by atoms with Crippen LogP contribution in [-0.4, -0.2) is 22.3 Å². The molecule has 1 aromatic heterocycles. The molecule has 1 heterocycles. The zero-order chi connectivity index (χ0) is 7.56. The Morgan fingerprint density at radius 2 is 2.30 bits per heavy atom. The van der Waals surface area contributed by atoms with Crippen LogP contribution in [0.4, 0.5) is 0 Å². The van der Waals surface area contributed by atoms with Crippen molar-refractivity contribution in [1.82, 2.24) is 0 Å². The summed E-state index contributed by atoms with van der Waals surface area (Å²) in [5, 5.41) is 20.1. The van der Waals surface area contributed by atoms with Crippen molar-refractivity contribution >= 4 is 17.1 Å². The van der Waals surface area contributed by atoms with Crippen LogP contribution < -0.4 is 0 Å². The number of aliphatic hydroxyl groups excluding tert-OH is 1. The smallest absolute Gasteiger partial charge is 0.219 e. The van der Waals surface area contributed by atoms with E-state index in [4.69, 9.17) is 10.2 Å². The lowest BCUT2D eigenvalue weighted by atomic mass is 10.2. The number of carbonyl (C=O) groups is 1. The molecule has 0 aliphatic rings. The average molecular weight is 158 g/mol. The van der Waals surface area contributed by atoms with E-state index in [-0.39, 0.29) is 0 Å². The predicted octanol–water partition coefficient (Wildman–Crippen LogP) is 0.241. The monoisotopic (exact) mass is 158 g/mol. The van der Waals surface area contributed by atoms with Gasteiger partial charge in [0.1, 0.15) is 0 Å². The molecular formula is C6H6O3S. The van der Waals surface area contributed by atoms with Gasteiger partial charge in [-0.3, -0.25) is 4.79 Å². The number of aliphatic hydroxyl groups is 2. The van der Waals surface area contributed by atoms with Crippen molar-refractivity contribution in [1.29, 1.82) is 0 Å². The van der Waals surface area contributed by atoms with Gasteiger partial charge in [0.25, 0.3) is 0 Å². The van der Waals surface area contributed by atoms with Crippen molar-refractivity contribution < 1.29 is 15.0 Å². The minimum Gasteiger partial charge on any atom is -0.362 e. The molecule has 0 aliphatic heterocycles. The Kier molecular flexibility index (Phi) is 2.16. The number of carbonyl (C=O) groups excluding carboxylic acids is 1. The Labute approximate surface area is 61.6 Å². The normalized spacial score (nSPS) is 10.3. The van der Waals surface area contributed by atoms with Gasteiger partial charge in [-0.15, -0.1) is 0 Å². The quantitative estimate of drug-likeness (QED) is 0.479. The second-order valence-corrected chi connectivity index (χ2v) is 2.53. The van der Waals surface area contributed by atoms with Crippen LogP contribution in [-0.2, 0) is 0 Å². The summed E-state index contributed by atoms with van der Waals surface area (Å²) in [4.78, 5) is 10.7. The molecule has 10 heavy (non-hydrogen) atoms. The zero-order valence-corrected chi connectivity index (χ0v) is 5.84. The molecule has 3 nitrogen and oxygen atoms in total. The van der Waals surface area contributed by atoms with Crippen LogP contribution in [0, 0.1) is 0 Å². The van der Waals surface area contributed by atoms with Gasteiger partial charge in [-0.05, 0) is 11.4 Å². The molecule has 0 aliphatic carbocycles. The van der Waals surface area contributed by atoms with E-state index in [2.05, 4.69) is 0 Å². The third-order valence-corrected chi connectivity index (χ3v) is 1.72. The van der Waals surface area contributed by atoms with Crippen LogP contribution in [0.25, 0.3) is 0 Å². The van der Waals surface area contributed by atoms with Gasteiger partial charge in [0, 0.05) is 10.9 Å². The van der Waals surface area contributed by atoms with Gasteiger partial charge in [0.2, 0.25) is 12.1 Å². The molecule has 0 aromatic carbocycles. The summed E-state index contributed by atoms with van der Waals surface area (Å²) in [5.74, 6) is -0.652. The van der Waals surface area contributed by atoms with Gasteiger partial charge >= 0.3 is 0 Å². The fourth-order valence-electron chi connectivity index (χ4n) is 0.554. The molecule has 2 N–H and O–H groups in total. The van der Waals surface area contributed by atoms with Gasteiger partial charge in [0.05, 0.1) is 0 Å². The SMILES string of the molecule is O=C(c1ccsc1)C(O)O. The van der Waals surface area contributed by atoms with Crippen molar-refractivity contribution in [2.24, 2.45) is 0 Å². The van der Waals surface area contributed by atoms with Crippen LogP contribution in [0.1, 0.15) is 10.4 Å². The Hall–Kier alpha value is -0.710. The van der Waals surface area contributed by atoms with Gasteiger partial charge < -0.3 is 10.2 Å². The van der Waals surface area contributed by atoms with Crippen molar-refractivity contribution in [2.75, 3.05) is 0 Å². The lowest BCUT2D eigenvalue weighted by molar-refractivity contribution is -0.0194. The second-order valence-electron chi connectivity index (χ2n) is 1.75. The summed E-state index contributed by atoms with van der Waals surface area (Å²) in [6.07, 6.45) is -1.88. The van der Waals surface area contributed by atoms with E-state index in [0.29, 0.717) is 5.56 Å². The maximum atomic E-state index is 10.7. The minimum atomic E-state index is -1.88. The summed E-state index contributed by atoms with van der Waals surface area (Å²) in [7, 11) is 0. The molecule has 54 valence electrons. The largest absolute Gasteiger partial charge is 0.362 e. The van der Waals surface area contributed by atoms with E-state index in [1.807, 2.05) is 0 Å². The molecule has 0 unspecified atom stereocenters. The lowest BCUT2D eigenvalue weighted by Crippen LogP contribution is -2.18. The highest BCUT2D eigenvalue weighted by molar-refractivity contribution is 7.08. The van der Waals surface area contributed by atoms with E-state index >= 15 is 0 Å². The van der Waals surface area contributed by atoms with Crippen molar-refractivity contribution in [3.8, 4) is 0 Å². The molecule has 1 rings (SSSR count). The lowest BCUT2D eigenvalue weighted by Gasteiger charge is -1.97. The molecular weight excluding hydrogens is 152 g/mol. The number of ketones is 1. The number of rotatable bonds is 2.